The molecule has 0 aromatic heterocycles. The van der Waals surface area contributed by atoms with Crippen molar-refractivity contribution in [3.8, 4) is 0 Å². The Morgan fingerprint density at radius 2 is 2.23 bits per heavy atom. The van der Waals surface area contributed by atoms with Gasteiger partial charge in [-0.25, -0.2) is 4.39 Å². The summed E-state index contributed by atoms with van der Waals surface area (Å²) in [6.07, 6.45) is 0.834. The van der Waals surface area contributed by atoms with Crippen molar-refractivity contribution in [3.05, 3.63) is 34.1 Å². The summed E-state index contributed by atoms with van der Waals surface area (Å²) in [5, 5.41) is 3.18. The first-order chi connectivity index (χ1) is 6.27. The lowest BCUT2D eigenvalue weighted by Crippen LogP contribution is -2.43. The van der Waals surface area contributed by atoms with E-state index >= 15 is 0 Å². The van der Waals surface area contributed by atoms with Gasteiger partial charge >= 0.3 is 0 Å². The number of rotatable bonds is 2. The summed E-state index contributed by atoms with van der Waals surface area (Å²) in [5.74, 6) is 0.509. The van der Waals surface area contributed by atoms with Gasteiger partial charge < -0.3 is 5.32 Å². The lowest BCUT2D eigenvalue weighted by Gasteiger charge is -2.27. The minimum absolute atomic E-state index is 0.0960. The molecule has 1 heterocycles. The summed E-state index contributed by atoms with van der Waals surface area (Å²) in [4.78, 5) is 0. The normalized spacial score (nSPS) is 17.1. The molecule has 1 aromatic rings. The average molecular weight is 244 g/mol. The fourth-order valence-corrected chi connectivity index (χ4v) is 2.01. The third kappa shape index (κ3) is 1.92. The van der Waals surface area contributed by atoms with Crippen molar-refractivity contribution in [2.75, 3.05) is 13.1 Å². The van der Waals surface area contributed by atoms with Gasteiger partial charge in [-0.3, -0.25) is 0 Å². The molecule has 3 heteroatoms. The van der Waals surface area contributed by atoms with E-state index in [1.54, 1.807) is 6.07 Å². The van der Waals surface area contributed by atoms with Crippen molar-refractivity contribution in [1.29, 1.82) is 0 Å². The number of nitrogens with one attached hydrogen (secondary N) is 1. The van der Waals surface area contributed by atoms with Crippen LogP contribution in [-0.2, 0) is 6.42 Å². The van der Waals surface area contributed by atoms with Gasteiger partial charge in [0.1, 0.15) is 5.82 Å². The van der Waals surface area contributed by atoms with Crippen LogP contribution in [-0.4, -0.2) is 13.1 Å². The molecule has 1 aliphatic rings. The largest absolute Gasteiger partial charge is 0.316 e. The summed E-state index contributed by atoms with van der Waals surface area (Å²) in [6.45, 7) is 2.03. The summed E-state index contributed by atoms with van der Waals surface area (Å²) < 4.78 is 14.2. The van der Waals surface area contributed by atoms with Crippen LogP contribution in [0.25, 0.3) is 0 Å². The number of hydrogen-bond donors (Lipinski definition) is 1. The number of benzene rings is 1. The highest BCUT2D eigenvalue weighted by molar-refractivity contribution is 9.10. The molecule has 1 aliphatic heterocycles. The highest BCUT2D eigenvalue weighted by Gasteiger charge is 2.19. The van der Waals surface area contributed by atoms with Crippen molar-refractivity contribution in [1.82, 2.24) is 5.32 Å². The molecule has 1 N–H and O–H groups in total. The maximum atomic E-state index is 13.3. The Kier molecular flexibility index (Phi) is 2.65. The first kappa shape index (κ1) is 9.16. The van der Waals surface area contributed by atoms with Gasteiger partial charge in [-0.15, -0.1) is 0 Å². The van der Waals surface area contributed by atoms with E-state index in [1.165, 1.54) is 6.07 Å². The summed E-state index contributed by atoms with van der Waals surface area (Å²) in [7, 11) is 0. The molecule has 0 atom stereocenters. The Hall–Kier alpha value is -0.410. The Bertz CT molecular complexity index is 290. The maximum Gasteiger partial charge on any atom is 0.127 e. The zero-order valence-corrected chi connectivity index (χ0v) is 8.77. The van der Waals surface area contributed by atoms with Crippen LogP contribution in [0.5, 0.6) is 0 Å². The van der Waals surface area contributed by atoms with E-state index in [-0.39, 0.29) is 5.82 Å². The molecule has 0 bridgehead atoms. The van der Waals surface area contributed by atoms with E-state index in [0.29, 0.717) is 5.92 Å². The van der Waals surface area contributed by atoms with Gasteiger partial charge in [0.15, 0.2) is 0 Å². The monoisotopic (exact) mass is 243 g/mol. The van der Waals surface area contributed by atoms with Crippen molar-refractivity contribution in [2.45, 2.75) is 6.42 Å². The van der Waals surface area contributed by atoms with Crippen LogP contribution < -0.4 is 5.32 Å². The molecule has 0 spiro atoms. The Labute approximate surface area is 85.5 Å². The third-order valence-electron chi connectivity index (χ3n) is 2.42. The highest BCUT2D eigenvalue weighted by Crippen LogP contribution is 2.23. The molecular weight excluding hydrogens is 233 g/mol. The molecule has 0 saturated carbocycles. The Morgan fingerprint density at radius 3 is 2.77 bits per heavy atom. The minimum Gasteiger partial charge on any atom is -0.316 e. The highest BCUT2D eigenvalue weighted by atomic mass is 79.9. The molecule has 1 nitrogen and oxygen atoms in total. The predicted molar refractivity (Wildman–Crippen MR) is 54.2 cm³/mol. The molecule has 1 saturated heterocycles. The maximum absolute atomic E-state index is 13.3. The van der Waals surface area contributed by atoms with E-state index in [0.717, 1.165) is 29.5 Å². The summed E-state index contributed by atoms with van der Waals surface area (Å²) in [6, 6.07) is 5.14. The van der Waals surface area contributed by atoms with Gasteiger partial charge in [0.25, 0.3) is 0 Å². The predicted octanol–water partition coefficient (Wildman–Crippen LogP) is 2.35. The van der Waals surface area contributed by atoms with Crippen LogP contribution in [0.2, 0.25) is 0 Å². The average Bonchev–Trinajstić information content (AvgIpc) is 2.00. The van der Waals surface area contributed by atoms with E-state index in [1.807, 2.05) is 6.07 Å². The standard InChI is InChI=1S/C10H11BrFN/c11-9-2-1-3-10(12)8(9)4-7-5-13-6-7/h1-3,7,13H,4-6H2. The van der Waals surface area contributed by atoms with E-state index < -0.39 is 0 Å². The number of hydrogen-bond acceptors (Lipinski definition) is 1. The molecule has 0 unspecified atom stereocenters. The van der Waals surface area contributed by atoms with Gasteiger partial charge in [-0.05, 0) is 37.6 Å². The van der Waals surface area contributed by atoms with Crippen molar-refractivity contribution < 1.29 is 4.39 Å². The van der Waals surface area contributed by atoms with Gasteiger partial charge in [0, 0.05) is 10.0 Å². The molecule has 0 aliphatic carbocycles. The van der Waals surface area contributed by atoms with Gasteiger partial charge in [0.2, 0.25) is 0 Å². The molecule has 1 fully saturated rings. The second-order valence-corrected chi connectivity index (χ2v) is 4.28. The van der Waals surface area contributed by atoms with Gasteiger partial charge in [-0.1, -0.05) is 22.0 Å². The fraction of sp³-hybridized carbons (Fsp3) is 0.400. The summed E-state index contributed by atoms with van der Waals surface area (Å²) in [5.41, 5.74) is 0.814. The zero-order chi connectivity index (χ0) is 9.26. The molecular formula is C10H11BrFN. The van der Waals surface area contributed by atoms with Gasteiger partial charge in [0.05, 0.1) is 0 Å². The van der Waals surface area contributed by atoms with E-state index in [2.05, 4.69) is 21.2 Å². The zero-order valence-electron chi connectivity index (χ0n) is 7.19. The number of halogens is 2. The third-order valence-corrected chi connectivity index (χ3v) is 3.16. The first-order valence-electron chi connectivity index (χ1n) is 4.41. The topological polar surface area (TPSA) is 12.0 Å². The Morgan fingerprint density at radius 1 is 1.46 bits per heavy atom. The van der Waals surface area contributed by atoms with Crippen LogP contribution in [0, 0.1) is 11.7 Å². The molecule has 0 amide bonds. The second-order valence-electron chi connectivity index (χ2n) is 3.43. The van der Waals surface area contributed by atoms with Crippen LogP contribution >= 0.6 is 15.9 Å². The SMILES string of the molecule is Fc1cccc(Br)c1CC1CNC1. The Balaban J connectivity index is 2.17. The first-order valence-corrected chi connectivity index (χ1v) is 5.20. The van der Waals surface area contributed by atoms with Crippen LogP contribution in [0.1, 0.15) is 5.56 Å². The molecule has 2 rings (SSSR count). The smallest absolute Gasteiger partial charge is 0.127 e. The van der Waals surface area contributed by atoms with Crippen molar-refractivity contribution >= 4 is 15.9 Å². The lowest BCUT2D eigenvalue weighted by molar-refractivity contribution is 0.342. The molecule has 70 valence electrons. The summed E-state index contributed by atoms with van der Waals surface area (Å²) >= 11 is 3.37. The van der Waals surface area contributed by atoms with Crippen LogP contribution in [0.15, 0.2) is 22.7 Å². The van der Waals surface area contributed by atoms with Gasteiger partial charge in [-0.2, -0.15) is 0 Å². The van der Waals surface area contributed by atoms with Crippen molar-refractivity contribution in [2.24, 2.45) is 5.92 Å². The lowest BCUT2D eigenvalue weighted by atomic mass is 9.94. The van der Waals surface area contributed by atoms with Crippen LogP contribution in [0.3, 0.4) is 0 Å². The fourth-order valence-electron chi connectivity index (χ4n) is 1.51. The van der Waals surface area contributed by atoms with Crippen LogP contribution in [0.4, 0.5) is 4.39 Å². The second kappa shape index (κ2) is 3.76. The quantitative estimate of drug-likeness (QED) is 0.842. The van der Waals surface area contributed by atoms with E-state index in [9.17, 15) is 4.39 Å². The van der Waals surface area contributed by atoms with E-state index in [4.69, 9.17) is 0 Å². The molecule has 0 radical (unpaired) electrons. The molecule has 13 heavy (non-hydrogen) atoms. The van der Waals surface area contributed by atoms with Crippen molar-refractivity contribution in [3.63, 3.8) is 0 Å². The minimum atomic E-state index is -0.0960. The molecule has 1 aromatic carbocycles.